The van der Waals surface area contributed by atoms with Crippen molar-refractivity contribution in [2.45, 2.75) is 6.42 Å². The van der Waals surface area contributed by atoms with Crippen molar-refractivity contribution in [1.82, 2.24) is 9.80 Å². The second-order valence-corrected chi connectivity index (χ2v) is 5.06. The number of hydrogen-bond donors (Lipinski definition) is 1. The van der Waals surface area contributed by atoms with Gasteiger partial charge in [0.25, 0.3) is 0 Å². The fraction of sp³-hybridized carbons (Fsp3) is 0.909. The maximum Gasteiger partial charge on any atom is 0.317 e. The SMILES string of the molecule is COCCN1CCC2(C1)CN(CC(=O)O)C2. The summed E-state index contributed by atoms with van der Waals surface area (Å²) in [6.45, 7) is 6.11. The molecule has 0 aliphatic carbocycles. The minimum Gasteiger partial charge on any atom is -0.480 e. The first-order valence-corrected chi connectivity index (χ1v) is 5.79. The third kappa shape index (κ3) is 2.53. The van der Waals surface area contributed by atoms with Crippen LogP contribution in [0.5, 0.6) is 0 Å². The first-order chi connectivity index (χ1) is 7.63. The highest BCUT2D eigenvalue weighted by molar-refractivity contribution is 5.69. The summed E-state index contributed by atoms with van der Waals surface area (Å²) < 4.78 is 5.07. The van der Waals surface area contributed by atoms with Gasteiger partial charge in [0.1, 0.15) is 0 Å². The van der Waals surface area contributed by atoms with Crippen molar-refractivity contribution < 1.29 is 14.6 Å². The Kier molecular flexibility index (Phi) is 3.47. The van der Waals surface area contributed by atoms with Crippen molar-refractivity contribution in [3.05, 3.63) is 0 Å². The lowest BCUT2D eigenvalue weighted by Crippen LogP contribution is -2.58. The maximum atomic E-state index is 10.5. The molecule has 0 aromatic heterocycles. The van der Waals surface area contributed by atoms with E-state index >= 15 is 0 Å². The summed E-state index contributed by atoms with van der Waals surface area (Å²) in [5, 5.41) is 8.68. The molecule has 0 unspecified atom stereocenters. The highest BCUT2D eigenvalue weighted by atomic mass is 16.5. The van der Waals surface area contributed by atoms with Crippen LogP contribution in [0.15, 0.2) is 0 Å². The summed E-state index contributed by atoms with van der Waals surface area (Å²) in [6, 6.07) is 0. The number of nitrogens with zero attached hydrogens (tertiary/aromatic N) is 2. The number of aliphatic carboxylic acids is 1. The van der Waals surface area contributed by atoms with Gasteiger partial charge in [-0.1, -0.05) is 0 Å². The highest BCUT2D eigenvalue weighted by Crippen LogP contribution is 2.38. The minimum absolute atomic E-state index is 0.194. The average molecular weight is 228 g/mol. The summed E-state index contributed by atoms with van der Waals surface area (Å²) >= 11 is 0. The van der Waals surface area contributed by atoms with Crippen LogP contribution in [0, 0.1) is 5.41 Å². The number of ether oxygens (including phenoxy) is 1. The zero-order valence-electron chi connectivity index (χ0n) is 9.81. The van der Waals surface area contributed by atoms with Gasteiger partial charge >= 0.3 is 5.97 Å². The monoisotopic (exact) mass is 228 g/mol. The molecule has 5 heteroatoms. The number of carboxylic acids is 1. The van der Waals surface area contributed by atoms with Gasteiger partial charge in [-0.2, -0.15) is 0 Å². The van der Waals surface area contributed by atoms with Gasteiger partial charge in [-0.3, -0.25) is 9.69 Å². The molecule has 0 atom stereocenters. The Labute approximate surface area is 96.0 Å². The van der Waals surface area contributed by atoms with E-state index in [0.717, 1.165) is 39.3 Å². The van der Waals surface area contributed by atoms with Crippen LogP contribution in [0.25, 0.3) is 0 Å². The molecular formula is C11H20N2O3. The van der Waals surface area contributed by atoms with E-state index in [2.05, 4.69) is 4.90 Å². The largest absolute Gasteiger partial charge is 0.480 e. The fourth-order valence-corrected chi connectivity index (χ4v) is 2.90. The Morgan fingerprint density at radius 3 is 2.69 bits per heavy atom. The van der Waals surface area contributed by atoms with E-state index in [1.807, 2.05) is 4.90 Å². The molecule has 0 bridgehead atoms. The van der Waals surface area contributed by atoms with Crippen molar-refractivity contribution in [3.63, 3.8) is 0 Å². The van der Waals surface area contributed by atoms with Gasteiger partial charge in [0.05, 0.1) is 13.2 Å². The van der Waals surface area contributed by atoms with Gasteiger partial charge in [0.15, 0.2) is 0 Å². The van der Waals surface area contributed by atoms with E-state index in [4.69, 9.17) is 9.84 Å². The van der Waals surface area contributed by atoms with Gasteiger partial charge < -0.3 is 14.7 Å². The molecule has 0 amide bonds. The molecule has 0 radical (unpaired) electrons. The van der Waals surface area contributed by atoms with Crippen LogP contribution < -0.4 is 0 Å². The number of carboxylic acid groups (broad SMARTS) is 1. The molecule has 2 fully saturated rings. The lowest BCUT2D eigenvalue weighted by molar-refractivity contribution is -0.141. The summed E-state index contributed by atoms with van der Waals surface area (Å²) in [7, 11) is 1.73. The van der Waals surface area contributed by atoms with Gasteiger partial charge in [0.2, 0.25) is 0 Å². The third-order valence-corrected chi connectivity index (χ3v) is 3.61. The molecule has 0 aromatic rings. The molecule has 0 aromatic carbocycles. The summed E-state index contributed by atoms with van der Waals surface area (Å²) in [5.74, 6) is -0.718. The summed E-state index contributed by atoms with van der Waals surface area (Å²) in [4.78, 5) is 15.0. The molecule has 5 nitrogen and oxygen atoms in total. The molecule has 2 rings (SSSR count). The number of methoxy groups -OCH3 is 1. The number of hydrogen-bond acceptors (Lipinski definition) is 4. The Balaban J connectivity index is 1.71. The Bertz CT molecular complexity index is 264. The summed E-state index contributed by atoms with van der Waals surface area (Å²) in [5.41, 5.74) is 0.378. The molecule has 1 N–H and O–H groups in total. The molecule has 2 aliphatic rings. The van der Waals surface area contributed by atoms with E-state index in [-0.39, 0.29) is 6.54 Å². The van der Waals surface area contributed by atoms with Crippen molar-refractivity contribution in [1.29, 1.82) is 0 Å². The predicted octanol–water partition coefficient (Wildman–Crippen LogP) is -0.275. The van der Waals surface area contributed by atoms with E-state index in [1.54, 1.807) is 7.11 Å². The highest BCUT2D eigenvalue weighted by Gasteiger charge is 2.47. The van der Waals surface area contributed by atoms with Gasteiger partial charge in [-0.05, 0) is 13.0 Å². The van der Waals surface area contributed by atoms with Gasteiger partial charge in [0, 0.05) is 38.7 Å². The van der Waals surface area contributed by atoms with Crippen LogP contribution in [0.2, 0.25) is 0 Å². The van der Waals surface area contributed by atoms with Crippen molar-refractivity contribution in [3.8, 4) is 0 Å². The van der Waals surface area contributed by atoms with Crippen LogP contribution in [-0.4, -0.2) is 73.9 Å². The normalized spacial score (nSPS) is 24.8. The van der Waals surface area contributed by atoms with Crippen LogP contribution in [0.1, 0.15) is 6.42 Å². The molecule has 1 spiro atoms. The molecule has 2 aliphatic heterocycles. The number of rotatable bonds is 5. The standard InChI is InChI=1S/C11H20N2O3/c1-16-5-4-12-3-2-11(7-12)8-13(9-11)6-10(14)15/h2-9H2,1H3,(H,14,15). The van der Waals surface area contributed by atoms with E-state index < -0.39 is 5.97 Å². The topological polar surface area (TPSA) is 53.0 Å². The average Bonchev–Trinajstić information content (AvgIpc) is 2.57. The first-order valence-electron chi connectivity index (χ1n) is 5.79. The van der Waals surface area contributed by atoms with Crippen LogP contribution in [0.4, 0.5) is 0 Å². The molecule has 92 valence electrons. The summed E-state index contributed by atoms with van der Waals surface area (Å²) in [6.07, 6.45) is 1.20. The van der Waals surface area contributed by atoms with Crippen molar-refractivity contribution in [2.75, 3.05) is 53.0 Å². The zero-order valence-corrected chi connectivity index (χ0v) is 9.81. The fourth-order valence-electron chi connectivity index (χ4n) is 2.90. The predicted molar refractivity (Wildman–Crippen MR) is 59.4 cm³/mol. The molecule has 2 heterocycles. The second-order valence-electron chi connectivity index (χ2n) is 5.06. The van der Waals surface area contributed by atoms with Gasteiger partial charge in [-0.15, -0.1) is 0 Å². The third-order valence-electron chi connectivity index (χ3n) is 3.61. The van der Waals surface area contributed by atoms with E-state index in [1.165, 1.54) is 6.42 Å². The first kappa shape index (κ1) is 11.8. The molecule has 2 saturated heterocycles. The quantitative estimate of drug-likeness (QED) is 0.701. The molecule has 0 saturated carbocycles. The molecular weight excluding hydrogens is 208 g/mol. The lowest BCUT2D eigenvalue weighted by Gasteiger charge is -2.47. The molecule has 16 heavy (non-hydrogen) atoms. The van der Waals surface area contributed by atoms with Crippen LogP contribution >= 0.6 is 0 Å². The van der Waals surface area contributed by atoms with Gasteiger partial charge in [-0.25, -0.2) is 0 Å². The Morgan fingerprint density at radius 1 is 1.38 bits per heavy atom. The van der Waals surface area contributed by atoms with E-state index in [9.17, 15) is 4.79 Å². The number of likely N-dealkylation sites (tertiary alicyclic amines) is 2. The Hall–Kier alpha value is -0.650. The van der Waals surface area contributed by atoms with Crippen molar-refractivity contribution in [2.24, 2.45) is 5.41 Å². The Morgan fingerprint density at radius 2 is 2.06 bits per heavy atom. The lowest BCUT2D eigenvalue weighted by atomic mass is 9.79. The second kappa shape index (κ2) is 4.69. The zero-order chi connectivity index (χ0) is 11.6. The minimum atomic E-state index is -0.718. The number of carbonyl (C=O) groups is 1. The van der Waals surface area contributed by atoms with Crippen LogP contribution in [-0.2, 0) is 9.53 Å². The van der Waals surface area contributed by atoms with Crippen LogP contribution in [0.3, 0.4) is 0 Å². The maximum absolute atomic E-state index is 10.5. The van der Waals surface area contributed by atoms with E-state index in [0.29, 0.717) is 5.41 Å². The van der Waals surface area contributed by atoms with Crippen molar-refractivity contribution >= 4 is 5.97 Å². The smallest absolute Gasteiger partial charge is 0.317 e.